The van der Waals surface area contributed by atoms with Crippen LogP contribution < -0.4 is 5.32 Å². The van der Waals surface area contributed by atoms with E-state index in [1.165, 1.54) is 4.88 Å². The Morgan fingerprint density at radius 1 is 1.19 bits per heavy atom. The third kappa shape index (κ3) is 5.10. The number of carbonyl (C=O) groups excluding carboxylic acids is 1. The molecule has 1 saturated heterocycles. The maximum atomic E-state index is 12.7. The molecule has 6 heteroatoms. The van der Waals surface area contributed by atoms with Crippen LogP contribution in [0.3, 0.4) is 0 Å². The maximum absolute atomic E-state index is 12.7. The number of nitrogens with one attached hydrogen (secondary N) is 1. The second kappa shape index (κ2) is 9.55. The zero-order valence-corrected chi connectivity index (χ0v) is 17.1. The van der Waals surface area contributed by atoms with Gasteiger partial charge in [-0.05, 0) is 43.2 Å². The van der Waals surface area contributed by atoms with Crippen molar-refractivity contribution in [2.75, 3.05) is 44.3 Å². The summed E-state index contributed by atoms with van der Waals surface area (Å²) in [5.41, 5.74) is 0.909. The minimum Gasteiger partial charge on any atom is -0.324 e. The number of hydrogen-bond donors (Lipinski definition) is 1. The first-order chi connectivity index (χ1) is 12.7. The van der Waals surface area contributed by atoms with Gasteiger partial charge in [0.05, 0.1) is 11.7 Å². The Hall–Kier alpha value is -1.34. The van der Waals surface area contributed by atoms with Crippen molar-refractivity contribution in [3.8, 4) is 0 Å². The molecular formula is C20H27N3OS2. The van der Waals surface area contributed by atoms with Crippen LogP contribution in [0.4, 0.5) is 5.69 Å². The number of piperazine rings is 1. The fraction of sp³-hybridized carbons (Fsp3) is 0.450. The highest BCUT2D eigenvalue weighted by atomic mass is 32.2. The SMILES string of the molecule is CSc1ccccc1NC(=O)C(C)N1CCN(CCc2cccs2)CC1. The number of carbonyl (C=O) groups is 1. The van der Waals surface area contributed by atoms with Gasteiger partial charge in [-0.3, -0.25) is 9.69 Å². The Balaban J connectivity index is 1.46. The Bertz CT molecular complexity index is 697. The van der Waals surface area contributed by atoms with E-state index in [4.69, 9.17) is 0 Å². The number of thioether (sulfide) groups is 1. The highest BCUT2D eigenvalue weighted by Gasteiger charge is 2.25. The van der Waals surface area contributed by atoms with Crippen molar-refractivity contribution in [2.24, 2.45) is 0 Å². The van der Waals surface area contributed by atoms with E-state index >= 15 is 0 Å². The van der Waals surface area contributed by atoms with Gasteiger partial charge < -0.3 is 10.2 Å². The van der Waals surface area contributed by atoms with E-state index in [0.717, 1.165) is 49.7 Å². The van der Waals surface area contributed by atoms with Crippen LogP contribution >= 0.6 is 23.1 Å². The van der Waals surface area contributed by atoms with E-state index in [0.29, 0.717) is 0 Å². The topological polar surface area (TPSA) is 35.6 Å². The van der Waals surface area contributed by atoms with Crippen molar-refractivity contribution in [3.63, 3.8) is 0 Å². The second-order valence-electron chi connectivity index (χ2n) is 6.57. The van der Waals surface area contributed by atoms with Gasteiger partial charge in [0.15, 0.2) is 0 Å². The van der Waals surface area contributed by atoms with Gasteiger partial charge in [0.25, 0.3) is 0 Å². The summed E-state index contributed by atoms with van der Waals surface area (Å²) >= 11 is 3.49. The van der Waals surface area contributed by atoms with Gasteiger partial charge in [-0.15, -0.1) is 23.1 Å². The quantitative estimate of drug-likeness (QED) is 0.733. The number of benzene rings is 1. The fourth-order valence-corrected chi connectivity index (χ4v) is 4.50. The molecule has 0 saturated carbocycles. The summed E-state index contributed by atoms with van der Waals surface area (Å²) in [7, 11) is 0. The van der Waals surface area contributed by atoms with Crippen molar-refractivity contribution in [1.29, 1.82) is 0 Å². The van der Waals surface area contributed by atoms with Gasteiger partial charge in [-0.25, -0.2) is 0 Å². The minimum atomic E-state index is -0.107. The van der Waals surface area contributed by atoms with Crippen molar-refractivity contribution in [3.05, 3.63) is 46.7 Å². The average Bonchev–Trinajstić information content (AvgIpc) is 3.20. The summed E-state index contributed by atoms with van der Waals surface area (Å²) in [5.74, 6) is 0.0820. The van der Waals surface area contributed by atoms with Crippen molar-refractivity contribution in [1.82, 2.24) is 9.80 Å². The average molecular weight is 390 g/mol. The predicted octanol–water partition coefficient (Wildman–Crippen LogP) is 3.66. The molecule has 1 unspecified atom stereocenters. The van der Waals surface area contributed by atoms with Crippen LogP contribution in [0.15, 0.2) is 46.7 Å². The molecule has 1 aromatic heterocycles. The van der Waals surface area contributed by atoms with Crippen molar-refractivity contribution < 1.29 is 4.79 Å². The monoisotopic (exact) mass is 389 g/mol. The lowest BCUT2D eigenvalue weighted by atomic mass is 10.2. The molecule has 0 aliphatic carbocycles. The summed E-state index contributed by atoms with van der Waals surface area (Å²) in [5, 5.41) is 5.24. The summed E-state index contributed by atoms with van der Waals surface area (Å²) in [6.07, 6.45) is 3.16. The molecule has 0 radical (unpaired) electrons. The molecule has 4 nitrogen and oxygen atoms in total. The lowest BCUT2D eigenvalue weighted by Crippen LogP contribution is -2.53. The fourth-order valence-electron chi connectivity index (χ4n) is 3.25. The first-order valence-corrected chi connectivity index (χ1v) is 11.2. The normalized spacial score (nSPS) is 17.2. The molecule has 1 aliphatic rings. The Morgan fingerprint density at radius 2 is 1.96 bits per heavy atom. The minimum absolute atomic E-state index is 0.0820. The predicted molar refractivity (Wildman–Crippen MR) is 112 cm³/mol. The third-order valence-electron chi connectivity index (χ3n) is 4.95. The zero-order valence-electron chi connectivity index (χ0n) is 15.5. The lowest BCUT2D eigenvalue weighted by molar-refractivity contribution is -0.121. The van der Waals surface area contributed by atoms with E-state index in [9.17, 15) is 4.79 Å². The first kappa shape index (κ1) is 19.4. The molecule has 3 rings (SSSR count). The summed E-state index contributed by atoms with van der Waals surface area (Å²) in [4.78, 5) is 20.0. The molecule has 1 atom stereocenters. The second-order valence-corrected chi connectivity index (χ2v) is 8.45. The van der Waals surface area contributed by atoms with Gasteiger partial charge in [0.1, 0.15) is 0 Å². The van der Waals surface area contributed by atoms with E-state index < -0.39 is 0 Å². The van der Waals surface area contributed by atoms with Crippen LogP contribution in [0.25, 0.3) is 0 Å². The molecule has 26 heavy (non-hydrogen) atoms. The number of rotatable bonds is 7. The summed E-state index contributed by atoms with van der Waals surface area (Å²) in [6.45, 7) is 7.08. The standard InChI is InChI=1S/C20H27N3OS2/c1-16(20(24)21-18-7-3-4-8-19(18)25-2)23-13-11-22(12-14-23)10-9-17-6-5-15-26-17/h3-8,15-16H,9-14H2,1-2H3,(H,21,24). The molecule has 1 fully saturated rings. The molecule has 140 valence electrons. The molecule has 2 aromatic rings. The van der Waals surface area contributed by atoms with Crippen LogP contribution in [0.5, 0.6) is 0 Å². The molecule has 1 aliphatic heterocycles. The molecule has 0 spiro atoms. The largest absolute Gasteiger partial charge is 0.324 e. The van der Waals surface area contributed by atoms with Gasteiger partial charge in [0, 0.05) is 42.5 Å². The van der Waals surface area contributed by atoms with E-state index in [2.05, 4.69) is 32.6 Å². The Morgan fingerprint density at radius 3 is 2.65 bits per heavy atom. The van der Waals surface area contributed by atoms with Gasteiger partial charge >= 0.3 is 0 Å². The number of anilines is 1. The van der Waals surface area contributed by atoms with Crippen molar-refractivity contribution >= 4 is 34.7 Å². The van der Waals surface area contributed by atoms with Gasteiger partial charge in [-0.2, -0.15) is 0 Å². The van der Waals surface area contributed by atoms with E-state index in [1.807, 2.05) is 48.8 Å². The first-order valence-electron chi connectivity index (χ1n) is 9.10. The number of nitrogens with zero attached hydrogens (tertiary/aromatic N) is 2. The third-order valence-corrected chi connectivity index (χ3v) is 6.69. The van der Waals surface area contributed by atoms with Crippen molar-refractivity contribution in [2.45, 2.75) is 24.3 Å². The van der Waals surface area contributed by atoms with Crippen LogP contribution in [-0.2, 0) is 11.2 Å². The molecule has 1 amide bonds. The lowest BCUT2D eigenvalue weighted by Gasteiger charge is -2.37. The highest BCUT2D eigenvalue weighted by molar-refractivity contribution is 7.98. The smallest absolute Gasteiger partial charge is 0.241 e. The van der Waals surface area contributed by atoms with Crippen LogP contribution in [0, 0.1) is 0 Å². The maximum Gasteiger partial charge on any atom is 0.241 e. The Kier molecular flexibility index (Phi) is 7.14. The number of hydrogen-bond acceptors (Lipinski definition) is 5. The molecule has 0 bridgehead atoms. The van der Waals surface area contributed by atoms with Gasteiger partial charge in [0.2, 0.25) is 5.91 Å². The summed E-state index contributed by atoms with van der Waals surface area (Å²) in [6, 6.07) is 12.2. The molecule has 1 aromatic carbocycles. The van der Waals surface area contributed by atoms with Crippen LogP contribution in [0.2, 0.25) is 0 Å². The van der Waals surface area contributed by atoms with Gasteiger partial charge in [-0.1, -0.05) is 18.2 Å². The number of thiophene rings is 1. The molecule has 1 N–H and O–H groups in total. The van der Waals surface area contributed by atoms with E-state index in [1.54, 1.807) is 11.8 Å². The Labute approximate surface area is 164 Å². The van der Waals surface area contributed by atoms with Crippen LogP contribution in [-0.4, -0.2) is 60.7 Å². The number of amides is 1. The van der Waals surface area contributed by atoms with Crippen LogP contribution in [0.1, 0.15) is 11.8 Å². The molecular weight excluding hydrogens is 362 g/mol. The number of para-hydroxylation sites is 1. The highest BCUT2D eigenvalue weighted by Crippen LogP contribution is 2.25. The molecule has 2 heterocycles. The summed E-state index contributed by atoms with van der Waals surface area (Å²) < 4.78 is 0. The van der Waals surface area contributed by atoms with E-state index in [-0.39, 0.29) is 11.9 Å². The zero-order chi connectivity index (χ0) is 18.4.